The molecular formula is C26H28N4O2. The number of allylic oxidation sites excluding steroid dienone is 1. The van der Waals surface area contributed by atoms with E-state index in [1.165, 1.54) is 5.57 Å². The molecule has 2 aromatic carbocycles. The van der Waals surface area contributed by atoms with Gasteiger partial charge in [-0.25, -0.2) is 5.01 Å². The second kappa shape index (κ2) is 9.09. The van der Waals surface area contributed by atoms with Crippen LogP contribution in [0.5, 0.6) is 0 Å². The Morgan fingerprint density at radius 1 is 1.09 bits per heavy atom. The minimum absolute atomic E-state index is 0.0295. The van der Waals surface area contributed by atoms with E-state index in [0.29, 0.717) is 13.1 Å². The molecule has 2 fully saturated rings. The van der Waals surface area contributed by atoms with Crippen molar-refractivity contribution in [1.82, 2.24) is 15.2 Å². The van der Waals surface area contributed by atoms with Crippen LogP contribution < -0.4 is 5.32 Å². The molecule has 2 unspecified atom stereocenters. The van der Waals surface area contributed by atoms with Gasteiger partial charge in [0.15, 0.2) is 0 Å². The maximum atomic E-state index is 13.4. The highest BCUT2D eigenvalue weighted by Gasteiger charge is 2.43. The normalized spacial score (nSPS) is 24.8. The molecule has 164 valence electrons. The molecule has 2 atom stereocenters. The van der Waals surface area contributed by atoms with E-state index in [-0.39, 0.29) is 36.9 Å². The standard InChI is InChI=1S/C26H28N4O2/c31-23-17-29(15-14-27-23)18-24(32)30-26(20-10-5-2-6-11-20)22-13-7-12-21(25(22)28-30)16-19-8-3-1-4-9-19/h1-6,8-11,16,22,26H,7,12-15,17-18H2,(H,27,31). The first-order valence-corrected chi connectivity index (χ1v) is 11.4. The highest BCUT2D eigenvalue weighted by molar-refractivity contribution is 6.08. The van der Waals surface area contributed by atoms with Crippen LogP contribution in [0.15, 0.2) is 71.3 Å². The highest BCUT2D eigenvalue weighted by Crippen LogP contribution is 2.44. The largest absolute Gasteiger partial charge is 0.354 e. The molecule has 1 N–H and O–H groups in total. The van der Waals surface area contributed by atoms with Crippen LogP contribution in [-0.2, 0) is 9.59 Å². The summed E-state index contributed by atoms with van der Waals surface area (Å²) in [6.45, 7) is 1.72. The van der Waals surface area contributed by atoms with Gasteiger partial charge < -0.3 is 5.32 Å². The summed E-state index contributed by atoms with van der Waals surface area (Å²) in [7, 11) is 0. The summed E-state index contributed by atoms with van der Waals surface area (Å²) in [6.07, 6.45) is 5.29. The molecule has 32 heavy (non-hydrogen) atoms. The third-order valence-electron chi connectivity index (χ3n) is 6.51. The average Bonchev–Trinajstić information content (AvgIpc) is 3.21. The Hall–Kier alpha value is -3.25. The fourth-order valence-corrected chi connectivity index (χ4v) is 5.03. The van der Waals surface area contributed by atoms with Gasteiger partial charge in [-0.2, -0.15) is 5.10 Å². The lowest BCUT2D eigenvalue weighted by Gasteiger charge is -2.31. The number of nitrogens with one attached hydrogen (secondary N) is 1. The van der Waals surface area contributed by atoms with E-state index in [9.17, 15) is 9.59 Å². The van der Waals surface area contributed by atoms with Gasteiger partial charge in [0.2, 0.25) is 5.91 Å². The zero-order chi connectivity index (χ0) is 21.9. The number of hydrogen-bond acceptors (Lipinski definition) is 4. The summed E-state index contributed by atoms with van der Waals surface area (Å²) < 4.78 is 0. The van der Waals surface area contributed by atoms with E-state index in [2.05, 4.69) is 35.7 Å². The molecule has 1 aliphatic carbocycles. The van der Waals surface area contributed by atoms with Gasteiger partial charge in [0.1, 0.15) is 0 Å². The number of piperazine rings is 1. The number of carbonyl (C=O) groups is 2. The maximum absolute atomic E-state index is 13.4. The van der Waals surface area contributed by atoms with E-state index < -0.39 is 0 Å². The number of nitrogens with zero attached hydrogens (tertiary/aromatic N) is 3. The van der Waals surface area contributed by atoms with Crippen molar-refractivity contribution in [2.24, 2.45) is 11.0 Å². The average molecular weight is 429 g/mol. The summed E-state index contributed by atoms with van der Waals surface area (Å²) in [5.74, 6) is 0.113. The number of fused-ring (bicyclic) bond motifs is 1. The molecule has 1 saturated carbocycles. The molecule has 2 aliphatic heterocycles. The third kappa shape index (κ3) is 4.23. The Labute approximate surface area is 188 Å². The lowest BCUT2D eigenvalue weighted by Crippen LogP contribution is -2.50. The molecule has 2 heterocycles. The lowest BCUT2D eigenvalue weighted by atomic mass is 9.77. The van der Waals surface area contributed by atoms with Crippen molar-refractivity contribution in [2.75, 3.05) is 26.2 Å². The molecule has 6 nitrogen and oxygen atoms in total. The van der Waals surface area contributed by atoms with Crippen LogP contribution in [-0.4, -0.2) is 53.6 Å². The molecule has 0 aromatic heterocycles. The Balaban J connectivity index is 1.47. The van der Waals surface area contributed by atoms with Crippen LogP contribution in [0.4, 0.5) is 0 Å². The third-order valence-corrected chi connectivity index (χ3v) is 6.51. The van der Waals surface area contributed by atoms with Gasteiger partial charge in [-0.05, 0) is 42.0 Å². The van der Waals surface area contributed by atoms with Gasteiger partial charge in [0.25, 0.3) is 5.91 Å². The number of rotatable bonds is 4. The van der Waals surface area contributed by atoms with Gasteiger partial charge in [-0.1, -0.05) is 60.7 Å². The summed E-state index contributed by atoms with van der Waals surface area (Å²) in [5.41, 5.74) is 4.54. The molecule has 2 amide bonds. The smallest absolute Gasteiger partial charge is 0.257 e. The molecule has 1 saturated heterocycles. The van der Waals surface area contributed by atoms with Crippen LogP contribution in [0.25, 0.3) is 6.08 Å². The Bertz CT molecular complexity index is 1050. The van der Waals surface area contributed by atoms with Crippen LogP contribution in [0.1, 0.15) is 36.4 Å². The highest BCUT2D eigenvalue weighted by atomic mass is 16.2. The summed E-state index contributed by atoms with van der Waals surface area (Å²) in [6, 6.07) is 20.4. The van der Waals surface area contributed by atoms with Crippen molar-refractivity contribution in [3.63, 3.8) is 0 Å². The number of benzene rings is 2. The van der Waals surface area contributed by atoms with Gasteiger partial charge in [0, 0.05) is 19.0 Å². The molecular weight excluding hydrogens is 400 g/mol. The van der Waals surface area contributed by atoms with Crippen molar-refractivity contribution in [3.8, 4) is 0 Å². The Morgan fingerprint density at radius 3 is 2.59 bits per heavy atom. The molecule has 0 radical (unpaired) electrons. The van der Waals surface area contributed by atoms with E-state index in [0.717, 1.165) is 36.1 Å². The fourth-order valence-electron chi connectivity index (χ4n) is 5.03. The van der Waals surface area contributed by atoms with E-state index in [4.69, 9.17) is 5.10 Å². The van der Waals surface area contributed by atoms with Gasteiger partial charge in [-0.3, -0.25) is 14.5 Å². The van der Waals surface area contributed by atoms with Gasteiger partial charge >= 0.3 is 0 Å². The molecule has 3 aliphatic rings. The predicted octanol–water partition coefficient (Wildman–Crippen LogP) is 3.24. The van der Waals surface area contributed by atoms with Gasteiger partial charge in [0.05, 0.1) is 24.8 Å². The monoisotopic (exact) mass is 428 g/mol. The predicted molar refractivity (Wildman–Crippen MR) is 125 cm³/mol. The van der Waals surface area contributed by atoms with Crippen LogP contribution in [0.2, 0.25) is 0 Å². The van der Waals surface area contributed by atoms with Crippen molar-refractivity contribution in [2.45, 2.75) is 25.3 Å². The second-order valence-corrected chi connectivity index (χ2v) is 8.72. The topological polar surface area (TPSA) is 65.0 Å². The summed E-state index contributed by atoms with van der Waals surface area (Å²) in [4.78, 5) is 27.1. The minimum atomic E-state index is -0.100. The SMILES string of the molecule is O=C1CN(CC(=O)N2N=C3C(=Cc4ccccc4)CCCC3C2c2ccccc2)CCN1. The molecule has 6 heteroatoms. The van der Waals surface area contributed by atoms with Crippen molar-refractivity contribution in [3.05, 3.63) is 77.4 Å². The van der Waals surface area contributed by atoms with E-state index in [1.807, 2.05) is 41.3 Å². The quantitative estimate of drug-likeness (QED) is 0.813. The van der Waals surface area contributed by atoms with E-state index in [1.54, 1.807) is 5.01 Å². The lowest BCUT2D eigenvalue weighted by molar-refractivity contribution is -0.136. The Kier molecular flexibility index (Phi) is 5.86. The molecule has 5 rings (SSSR count). The van der Waals surface area contributed by atoms with Crippen LogP contribution in [0.3, 0.4) is 0 Å². The fraction of sp³-hybridized carbons (Fsp3) is 0.346. The summed E-state index contributed by atoms with van der Waals surface area (Å²) in [5, 5.41) is 9.45. The second-order valence-electron chi connectivity index (χ2n) is 8.72. The number of carbonyl (C=O) groups excluding carboxylic acids is 2. The minimum Gasteiger partial charge on any atom is -0.354 e. The molecule has 0 spiro atoms. The van der Waals surface area contributed by atoms with Crippen molar-refractivity contribution >= 4 is 23.6 Å². The number of hydrazone groups is 1. The Morgan fingerprint density at radius 2 is 1.84 bits per heavy atom. The summed E-state index contributed by atoms with van der Waals surface area (Å²) >= 11 is 0. The first-order valence-electron chi connectivity index (χ1n) is 11.4. The number of hydrogen-bond donors (Lipinski definition) is 1. The molecule has 2 aromatic rings. The first-order chi connectivity index (χ1) is 15.7. The van der Waals surface area contributed by atoms with Crippen LogP contribution >= 0.6 is 0 Å². The van der Waals surface area contributed by atoms with Crippen LogP contribution in [0, 0.1) is 5.92 Å². The van der Waals surface area contributed by atoms with Gasteiger partial charge in [-0.15, -0.1) is 0 Å². The first kappa shape index (κ1) is 20.6. The molecule has 0 bridgehead atoms. The zero-order valence-corrected chi connectivity index (χ0v) is 18.1. The van der Waals surface area contributed by atoms with Crippen molar-refractivity contribution in [1.29, 1.82) is 0 Å². The van der Waals surface area contributed by atoms with E-state index >= 15 is 0 Å². The van der Waals surface area contributed by atoms with Crippen molar-refractivity contribution < 1.29 is 9.59 Å². The maximum Gasteiger partial charge on any atom is 0.257 e. The number of amides is 2. The zero-order valence-electron chi connectivity index (χ0n) is 18.1.